The van der Waals surface area contributed by atoms with Gasteiger partial charge >= 0.3 is 0 Å². The molecule has 0 aromatic carbocycles. The van der Waals surface area contributed by atoms with Crippen LogP contribution < -0.4 is 4.90 Å². The summed E-state index contributed by atoms with van der Waals surface area (Å²) >= 11 is 1.32. The second-order valence-corrected chi connectivity index (χ2v) is 8.74. The fourth-order valence-electron chi connectivity index (χ4n) is 2.40. The molecule has 118 valence electrons. The van der Waals surface area contributed by atoms with Gasteiger partial charge in [0.05, 0.1) is 5.69 Å². The van der Waals surface area contributed by atoms with Gasteiger partial charge in [0.15, 0.2) is 5.82 Å². The summed E-state index contributed by atoms with van der Waals surface area (Å²) in [6.45, 7) is 5.99. The molecule has 2 aromatic heterocycles. The highest BCUT2D eigenvalue weighted by atomic mass is 32.2. The van der Waals surface area contributed by atoms with E-state index in [1.165, 1.54) is 11.3 Å². The van der Waals surface area contributed by atoms with Crippen molar-refractivity contribution in [2.45, 2.75) is 18.1 Å². The van der Waals surface area contributed by atoms with E-state index in [1.807, 2.05) is 32.0 Å². The largest absolute Gasteiger partial charge is 0.352 e. The highest BCUT2D eigenvalue weighted by molar-refractivity contribution is 7.91. The topological polar surface area (TPSA) is 66.4 Å². The Balaban J connectivity index is 1.70. The molecule has 2 aromatic rings. The van der Waals surface area contributed by atoms with Crippen LogP contribution in [0.3, 0.4) is 0 Å². The highest BCUT2D eigenvalue weighted by Crippen LogP contribution is 2.25. The molecular weight excluding hydrogens is 320 g/mol. The van der Waals surface area contributed by atoms with Crippen LogP contribution in [-0.4, -0.2) is 49.1 Å². The number of anilines is 1. The Kier molecular flexibility index (Phi) is 4.16. The van der Waals surface area contributed by atoms with Crippen molar-refractivity contribution in [1.82, 2.24) is 14.5 Å². The maximum absolute atomic E-state index is 12.6. The van der Waals surface area contributed by atoms with Crippen molar-refractivity contribution >= 4 is 27.2 Å². The lowest BCUT2D eigenvalue weighted by atomic mass is 10.3. The molecular formula is C14H18N4O2S2. The molecule has 22 heavy (non-hydrogen) atoms. The van der Waals surface area contributed by atoms with Crippen LogP contribution in [0.4, 0.5) is 5.82 Å². The molecule has 0 aliphatic carbocycles. The highest BCUT2D eigenvalue weighted by Gasteiger charge is 2.29. The van der Waals surface area contributed by atoms with Crippen LogP contribution in [0.25, 0.3) is 0 Å². The van der Waals surface area contributed by atoms with Gasteiger partial charge in [0.2, 0.25) is 0 Å². The Morgan fingerprint density at radius 1 is 1.00 bits per heavy atom. The van der Waals surface area contributed by atoms with Crippen LogP contribution in [0.5, 0.6) is 0 Å². The molecule has 3 heterocycles. The predicted molar refractivity (Wildman–Crippen MR) is 86.8 cm³/mol. The number of thiophene rings is 1. The smallest absolute Gasteiger partial charge is 0.252 e. The van der Waals surface area contributed by atoms with Crippen LogP contribution in [0.15, 0.2) is 28.5 Å². The lowest BCUT2D eigenvalue weighted by Crippen LogP contribution is -2.48. The van der Waals surface area contributed by atoms with Crippen molar-refractivity contribution in [3.63, 3.8) is 0 Å². The first-order valence-electron chi connectivity index (χ1n) is 7.09. The number of hydrogen-bond donors (Lipinski definition) is 0. The molecule has 1 fully saturated rings. The van der Waals surface area contributed by atoms with Crippen LogP contribution in [-0.2, 0) is 10.0 Å². The molecule has 0 saturated carbocycles. The summed E-state index contributed by atoms with van der Waals surface area (Å²) < 4.78 is 27.1. The van der Waals surface area contributed by atoms with Gasteiger partial charge in [-0.05, 0) is 38.1 Å². The van der Waals surface area contributed by atoms with Crippen LogP contribution >= 0.6 is 11.3 Å². The average molecular weight is 338 g/mol. The SMILES string of the molecule is Cc1ccc(N2CCN(S(=O)(=O)c3ccc(C)s3)CC2)nn1. The van der Waals surface area contributed by atoms with Crippen LogP contribution in [0.2, 0.25) is 0 Å². The summed E-state index contributed by atoms with van der Waals surface area (Å²) in [5, 5.41) is 8.21. The van der Waals surface area contributed by atoms with Gasteiger partial charge < -0.3 is 4.90 Å². The van der Waals surface area contributed by atoms with E-state index in [0.717, 1.165) is 16.4 Å². The molecule has 0 spiro atoms. The van der Waals surface area contributed by atoms with Gasteiger partial charge in [-0.15, -0.1) is 16.4 Å². The molecule has 0 N–H and O–H groups in total. The minimum Gasteiger partial charge on any atom is -0.352 e. The standard InChI is InChI=1S/C14H18N4O2S2/c1-11-3-5-13(16-15-11)17-7-9-18(10-8-17)22(19,20)14-6-4-12(2)21-14/h3-6H,7-10H2,1-2H3. The molecule has 1 aliphatic heterocycles. The van der Waals surface area contributed by atoms with Gasteiger partial charge in [-0.1, -0.05) is 0 Å². The summed E-state index contributed by atoms with van der Waals surface area (Å²) in [6, 6.07) is 7.37. The summed E-state index contributed by atoms with van der Waals surface area (Å²) in [6.07, 6.45) is 0. The van der Waals surface area contributed by atoms with Gasteiger partial charge in [0.1, 0.15) is 4.21 Å². The third kappa shape index (κ3) is 2.99. The van der Waals surface area contributed by atoms with Gasteiger partial charge in [0.25, 0.3) is 10.0 Å². The first-order chi connectivity index (χ1) is 10.5. The van der Waals surface area contributed by atoms with Crippen molar-refractivity contribution in [1.29, 1.82) is 0 Å². The third-order valence-electron chi connectivity index (χ3n) is 3.66. The summed E-state index contributed by atoms with van der Waals surface area (Å²) in [5.74, 6) is 0.801. The van der Waals surface area contributed by atoms with Crippen molar-refractivity contribution < 1.29 is 8.42 Å². The fourth-order valence-corrected chi connectivity index (χ4v) is 5.26. The van der Waals surface area contributed by atoms with Gasteiger partial charge in [0, 0.05) is 31.1 Å². The van der Waals surface area contributed by atoms with Crippen molar-refractivity contribution in [3.8, 4) is 0 Å². The van der Waals surface area contributed by atoms with Crippen LogP contribution in [0, 0.1) is 13.8 Å². The molecule has 1 aliphatic rings. The quantitative estimate of drug-likeness (QED) is 0.852. The molecule has 3 rings (SSSR count). The van der Waals surface area contributed by atoms with E-state index < -0.39 is 10.0 Å². The molecule has 0 bridgehead atoms. The van der Waals surface area contributed by atoms with E-state index in [0.29, 0.717) is 30.4 Å². The Labute approximate surface area is 134 Å². The number of hydrogen-bond acceptors (Lipinski definition) is 6. The zero-order valence-corrected chi connectivity index (χ0v) is 14.2. The van der Waals surface area contributed by atoms with E-state index >= 15 is 0 Å². The first kappa shape index (κ1) is 15.4. The molecule has 0 amide bonds. The lowest BCUT2D eigenvalue weighted by molar-refractivity contribution is 0.384. The minimum absolute atomic E-state index is 0.425. The maximum atomic E-state index is 12.6. The number of aromatic nitrogens is 2. The van der Waals surface area contributed by atoms with E-state index in [9.17, 15) is 8.42 Å². The molecule has 8 heteroatoms. The van der Waals surface area contributed by atoms with E-state index in [1.54, 1.807) is 10.4 Å². The molecule has 0 unspecified atom stereocenters. The summed E-state index contributed by atoms with van der Waals surface area (Å²) in [5.41, 5.74) is 0.873. The number of aryl methyl sites for hydroxylation is 2. The molecule has 0 atom stereocenters. The third-order valence-corrected chi connectivity index (χ3v) is 7.02. The van der Waals surface area contributed by atoms with Crippen molar-refractivity contribution in [2.24, 2.45) is 0 Å². The second-order valence-electron chi connectivity index (χ2n) is 5.29. The predicted octanol–water partition coefficient (Wildman–Crippen LogP) is 1.67. The normalized spacial score (nSPS) is 16.9. The molecule has 6 nitrogen and oxygen atoms in total. The second kappa shape index (κ2) is 5.94. The van der Waals surface area contributed by atoms with E-state index in [4.69, 9.17) is 0 Å². The van der Waals surface area contributed by atoms with E-state index in [-0.39, 0.29) is 0 Å². The zero-order chi connectivity index (χ0) is 15.7. The Morgan fingerprint density at radius 2 is 1.73 bits per heavy atom. The lowest BCUT2D eigenvalue weighted by Gasteiger charge is -2.34. The minimum atomic E-state index is -3.36. The monoisotopic (exact) mass is 338 g/mol. The summed E-state index contributed by atoms with van der Waals surface area (Å²) in [4.78, 5) is 3.07. The summed E-state index contributed by atoms with van der Waals surface area (Å²) in [7, 11) is -3.36. The number of sulfonamides is 1. The fraction of sp³-hybridized carbons (Fsp3) is 0.429. The Bertz CT molecular complexity index is 747. The van der Waals surface area contributed by atoms with Gasteiger partial charge in [-0.3, -0.25) is 0 Å². The zero-order valence-electron chi connectivity index (χ0n) is 12.6. The molecule has 1 saturated heterocycles. The Hall–Kier alpha value is -1.51. The van der Waals surface area contributed by atoms with E-state index in [2.05, 4.69) is 15.1 Å². The van der Waals surface area contributed by atoms with Crippen LogP contribution in [0.1, 0.15) is 10.6 Å². The van der Waals surface area contributed by atoms with Gasteiger partial charge in [-0.25, -0.2) is 8.42 Å². The molecule has 0 radical (unpaired) electrons. The number of nitrogens with zero attached hydrogens (tertiary/aromatic N) is 4. The Morgan fingerprint density at radius 3 is 2.27 bits per heavy atom. The van der Waals surface area contributed by atoms with Gasteiger partial charge in [-0.2, -0.15) is 9.40 Å². The number of piperazine rings is 1. The van der Waals surface area contributed by atoms with Crippen molar-refractivity contribution in [3.05, 3.63) is 34.8 Å². The maximum Gasteiger partial charge on any atom is 0.252 e. The average Bonchev–Trinajstić information content (AvgIpc) is 2.96. The van der Waals surface area contributed by atoms with Crippen molar-refractivity contribution in [2.75, 3.05) is 31.1 Å². The number of rotatable bonds is 3. The first-order valence-corrected chi connectivity index (χ1v) is 9.34.